The van der Waals surface area contributed by atoms with Crippen molar-refractivity contribution in [3.63, 3.8) is 0 Å². The molecule has 1 saturated heterocycles. The van der Waals surface area contributed by atoms with Crippen LogP contribution < -0.4 is 10.2 Å². The van der Waals surface area contributed by atoms with E-state index in [9.17, 15) is 18.0 Å². The summed E-state index contributed by atoms with van der Waals surface area (Å²) in [5.74, 6) is 0. The summed E-state index contributed by atoms with van der Waals surface area (Å²) >= 11 is 6.08. The smallest absolute Gasteiger partial charge is 0.380 e. The molecule has 3 aromatic rings. The van der Waals surface area contributed by atoms with Crippen molar-refractivity contribution < 1.29 is 18.0 Å². The third-order valence-electron chi connectivity index (χ3n) is 6.42. The van der Waals surface area contributed by atoms with Gasteiger partial charge < -0.3 is 10.2 Å². The van der Waals surface area contributed by atoms with E-state index in [2.05, 4.69) is 15.4 Å². The largest absolute Gasteiger partial charge is 0.414 e. The van der Waals surface area contributed by atoms with Crippen LogP contribution in [0.25, 0.3) is 0 Å². The van der Waals surface area contributed by atoms with Gasteiger partial charge in [-0.15, -0.1) is 0 Å². The monoisotopic (exact) mass is 504 g/mol. The first-order valence-electron chi connectivity index (χ1n) is 11.3. The highest BCUT2D eigenvalue weighted by atomic mass is 35.5. The normalized spacial score (nSPS) is 19.1. The first-order valence-corrected chi connectivity index (χ1v) is 11.7. The Labute approximate surface area is 205 Å². The Bertz CT molecular complexity index is 1230. The number of hydrogen-bond donors (Lipinski definition) is 1. The molecule has 0 radical (unpaired) electrons. The Kier molecular flexibility index (Phi) is 6.08. The lowest BCUT2D eigenvalue weighted by molar-refractivity contribution is -0.180. The van der Waals surface area contributed by atoms with Crippen molar-refractivity contribution in [3.8, 4) is 0 Å². The Morgan fingerprint density at radius 3 is 2.60 bits per heavy atom. The zero-order chi connectivity index (χ0) is 24.7. The van der Waals surface area contributed by atoms with Crippen LogP contribution >= 0.6 is 11.6 Å². The molecule has 2 aromatic heterocycles. The van der Waals surface area contributed by atoms with Crippen LogP contribution in [-0.2, 0) is 19.9 Å². The summed E-state index contributed by atoms with van der Waals surface area (Å²) in [6, 6.07) is 5.98. The molecule has 184 valence electrons. The number of carbonyl (C=O) groups excluding carboxylic acids is 1. The second-order valence-corrected chi connectivity index (χ2v) is 9.37. The van der Waals surface area contributed by atoms with Crippen LogP contribution in [0.3, 0.4) is 0 Å². The van der Waals surface area contributed by atoms with Crippen molar-refractivity contribution in [1.82, 2.24) is 19.7 Å². The SMILES string of the molecule is Cn1cc(N2CCCN(C(c3ccc(NC4Cc5ccc(Cl)cc5C4)cn3)C(F)(F)F)C2=O)cn1. The summed E-state index contributed by atoms with van der Waals surface area (Å²) in [6.07, 6.45) is 1.77. The molecule has 0 bridgehead atoms. The maximum Gasteiger partial charge on any atom is 0.414 e. The number of rotatable bonds is 5. The van der Waals surface area contributed by atoms with Crippen LogP contribution in [0.1, 0.15) is 29.3 Å². The number of pyridine rings is 1. The van der Waals surface area contributed by atoms with Crippen LogP contribution in [0, 0.1) is 0 Å². The van der Waals surface area contributed by atoms with Gasteiger partial charge in [0.15, 0.2) is 6.04 Å². The number of benzene rings is 1. The van der Waals surface area contributed by atoms with E-state index >= 15 is 0 Å². The fourth-order valence-corrected chi connectivity index (χ4v) is 5.05. The molecule has 2 amide bonds. The van der Waals surface area contributed by atoms with Crippen LogP contribution in [0.2, 0.25) is 5.02 Å². The summed E-state index contributed by atoms with van der Waals surface area (Å²) in [5, 5.41) is 8.06. The Hall–Kier alpha value is -3.27. The number of nitrogens with one attached hydrogen (secondary N) is 1. The van der Waals surface area contributed by atoms with Gasteiger partial charge in [-0.25, -0.2) is 4.79 Å². The van der Waals surface area contributed by atoms with Crippen molar-refractivity contribution in [2.45, 2.75) is 37.5 Å². The Morgan fingerprint density at radius 2 is 1.91 bits per heavy atom. The van der Waals surface area contributed by atoms with Gasteiger partial charge >= 0.3 is 12.2 Å². The minimum atomic E-state index is -4.68. The predicted molar refractivity (Wildman–Crippen MR) is 127 cm³/mol. The second kappa shape index (κ2) is 9.07. The van der Waals surface area contributed by atoms with Crippen LogP contribution in [0.5, 0.6) is 0 Å². The highest BCUT2D eigenvalue weighted by Crippen LogP contribution is 2.39. The molecule has 1 N–H and O–H groups in total. The lowest BCUT2D eigenvalue weighted by Crippen LogP contribution is -2.53. The van der Waals surface area contributed by atoms with Crippen LogP contribution in [0.4, 0.5) is 29.3 Å². The second-order valence-electron chi connectivity index (χ2n) is 8.93. The number of aryl methyl sites for hydroxylation is 1. The zero-order valence-corrected chi connectivity index (χ0v) is 19.7. The Morgan fingerprint density at radius 1 is 1.11 bits per heavy atom. The molecule has 3 heterocycles. The molecule has 2 aliphatic rings. The summed E-state index contributed by atoms with van der Waals surface area (Å²) < 4.78 is 44.2. The summed E-state index contributed by atoms with van der Waals surface area (Å²) in [4.78, 5) is 19.4. The van der Waals surface area contributed by atoms with E-state index in [1.165, 1.54) is 39.2 Å². The van der Waals surface area contributed by atoms with Crippen molar-refractivity contribution >= 4 is 29.0 Å². The number of hydrogen-bond acceptors (Lipinski definition) is 4. The third kappa shape index (κ3) is 4.80. The Balaban J connectivity index is 1.33. The number of anilines is 2. The summed E-state index contributed by atoms with van der Waals surface area (Å²) in [7, 11) is 1.69. The van der Waals surface area contributed by atoms with Gasteiger partial charge in [0.25, 0.3) is 0 Å². The van der Waals surface area contributed by atoms with Gasteiger partial charge in [-0.2, -0.15) is 18.3 Å². The van der Waals surface area contributed by atoms with E-state index in [1.54, 1.807) is 19.3 Å². The number of nitrogens with zero attached hydrogens (tertiary/aromatic N) is 5. The minimum absolute atomic E-state index is 0.00958. The van der Waals surface area contributed by atoms with Gasteiger partial charge in [0.05, 0.1) is 29.5 Å². The molecule has 2 unspecified atom stereocenters. The minimum Gasteiger partial charge on any atom is -0.380 e. The van der Waals surface area contributed by atoms with Crippen molar-refractivity contribution in [3.05, 3.63) is 70.8 Å². The number of carbonyl (C=O) groups is 1. The lowest BCUT2D eigenvalue weighted by atomic mass is 10.1. The first-order chi connectivity index (χ1) is 16.7. The number of halogens is 4. The van der Waals surface area contributed by atoms with Gasteiger partial charge in [-0.1, -0.05) is 17.7 Å². The first kappa shape index (κ1) is 23.5. The molecule has 11 heteroatoms. The van der Waals surface area contributed by atoms with Crippen molar-refractivity contribution in [1.29, 1.82) is 0 Å². The van der Waals surface area contributed by atoms with E-state index in [4.69, 9.17) is 11.6 Å². The fraction of sp³-hybridized carbons (Fsp3) is 0.375. The van der Waals surface area contributed by atoms with Gasteiger partial charge in [0, 0.05) is 37.4 Å². The number of aromatic nitrogens is 3. The molecule has 0 spiro atoms. The van der Waals surface area contributed by atoms with E-state index in [-0.39, 0.29) is 18.3 Å². The van der Waals surface area contributed by atoms with Gasteiger partial charge in [0.2, 0.25) is 0 Å². The van der Waals surface area contributed by atoms with E-state index in [1.807, 2.05) is 18.2 Å². The molecule has 7 nitrogen and oxygen atoms in total. The van der Waals surface area contributed by atoms with Crippen molar-refractivity contribution in [2.24, 2.45) is 7.05 Å². The summed E-state index contributed by atoms with van der Waals surface area (Å²) in [5.41, 5.74) is 3.25. The summed E-state index contributed by atoms with van der Waals surface area (Å²) in [6.45, 7) is 0.321. The van der Waals surface area contributed by atoms with E-state index in [0.717, 1.165) is 17.7 Å². The van der Waals surface area contributed by atoms with Crippen LogP contribution in [0.15, 0.2) is 48.9 Å². The quantitative estimate of drug-likeness (QED) is 0.532. The molecule has 35 heavy (non-hydrogen) atoms. The molecule has 1 aliphatic heterocycles. The standard InChI is InChI=1S/C24H24ClF3N6O/c1-32-14-20(13-30-32)33-7-2-8-34(23(33)35)22(24(26,27)28)21-6-5-18(12-29-21)31-19-10-15-3-4-17(25)9-16(15)11-19/h3-6,9,12-14,19,22,31H,2,7-8,10-11H2,1H3. The lowest BCUT2D eigenvalue weighted by Gasteiger charge is -2.40. The number of amides is 2. The van der Waals surface area contributed by atoms with E-state index < -0.39 is 18.2 Å². The molecule has 2 atom stereocenters. The maximum absolute atomic E-state index is 14.2. The molecular weight excluding hydrogens is 481 g/mol. The zero-order valence-electron chi connectivity index (χ0n) is 19.0. The number of alkyl halides is 3. The predicted octanol–water partition coefficient (Wildman–Crippen LogP) is 4.98. The van der Waals surface area contributed by atoms with Gasteiger partial charge in [-0.05, 0) is 54.7 Å². The van der Waals surface area contributed by atoms with E-state index in [0.29, 0.717) is 29.4 Å². The number of fused-ring (bicyclic) bond motifs is 1. The molecule has 1 aliphatic carbocycles. The fourth-order valence-electron chi connectivity index (χ4n) is 4.85. The third-order valence-corrected chi connectivity index (χ3v) is 6.66. The molecule has 1 aromatic carbocycles. The molecule has 0 saturated carbocycles. The molecular formula is C24H24ClF3N6O. The van der Waals surface area contributed by atoms with Crippen LogP contribution in [-0.4, -0.2) is 51.0 Å². The van der Waals surface area contributed by atoms with Gasteiger partial charge in [0.1, 0.15) is 0 Å². The highest BCUT2D eigenvalue weighted by molar-refractivity contribution is 6.30. The average molecular weight is 505 g/mol. The van der Waals surface area contributed by atoms with Gasteiger partial charge in [-0.3, -0.25) is 14.6 Å². The highest BCUT2D eigenvalue weighted by Gasteiger charge is 2.49. The van der Waals surface area contributed by atoms with Crippen molar-refractivity contribution in [2.75, 3.05) is 23.3 Å². The molecule has 1 fully saturated rings. The maximum atomic E-state index is 14.2. The number of urea groups is 1. The molecule has 5 rings (SSSR count). The topological polar surface area (TPSA) is 66.3 Å². The average Bonchev–Trinajstić information content (AvgIpc) is 3.40.